The number of aromatic nitrogens is 3. The van der Waals surface area contributed by atoms with E-state index < -0.39 is 30.0 Å². The van der Waals surface area contributed by atoms with Crippen LogP contribution in [0.2, 0.25) is 5.28 Å². The number of halogens is 1. The molecule has 0 unspecified atom stereocenters. The van der Waals surface area contributed by atoms with Gasteiger partial charge in [-0.3, -0.25) is 9.11 Å². The van der Waals surface area contributed by atoms with Crippen molar-refractivity contribution in [3.05, 3.63) is 23.0 Å². The number of likely N-dealkylation sites (N-methyl/N-ethyl adjacent to an activating group) is 1. The van der Waals surface area contributed by atoms with Gasteiger partial charge in [-0.25, -0.2) is 0 Å². The second-order valence-electron chi connectivity index (χ2n) is 5.72. The first-order chi connectivity index (χ1) is 13.4. The number of aliphatic hydroxyl groups is 1. The molecule has 1 aromatic heterocycles. The molecule has 2 rings (SSSR count). The quantitative estimate of drug-likeness (QED) is 0.402. The van der Waals surface area contributed by atoms with E-state index in [9.17, 15) is 25.9 Å². The summed E-state index contributed by atoms with van der Waals surface area (Å²) in [7, 11) is -9.62. The van der Waals surface area contributed by atoms with Crippen molar-refractivity contribution in [2.75, 3.05) is 29.9 Å². The van der Waals surface area contributed by atoms with Crippen molar-refractivity contribution >= 4 is 49.4 Å². The van der Waals surface area contributed by atoms with Crippen LogP contribution < -0.4 is 10.2 Å². The molecule has 12 nitrogen and oxygen atoms in total. The summed E-state index contributed by atoms with van der Waals surface area (Å²) in [5, 5.41) is 11.4. The Balaban J connectivity index is 2.60. The van der Waals surface area contributed by atoms with Crippen LogP contribution in [0.15, 0.2) is 21.9 Å². The van der Waals surface area contributed by atoms with E-state index in [4.69, 9.17) is 16.7 Å². The maximum absolute atomic E-state index is 11.7. The number of nitrogens with one attached hydrogen (secondary N) is 1. The Labute approximate surface area is 172 Å². The minimum absolute atomic E-state index is 0.00163. The minimum Gasteiger partial charge on any atom is -0.395 e. The first kappa shape index (κ1) is 23.2. The van der Waals surface area contributed by atoms with Crippen molar-refractivity contribution in [3.63, 3.8) is 0 Å². The van der Waals surface area contributed by atoms with Gasteiger partial charge in [0.25, 0.3) is 20.2 Å². The predicted octanol–water partition coefficient (Wildman–Crippen LogP) is 0.889. The van der Waals surface area contributed by atoms with Crippen molar-refractivity contribution < 1.29 is 31.0 Å². The number of aliphatic hydroxyl groups excluding tert-OH is 1. The Hall–Kier alpha value is -2.10. The van der Waals surface area contributed by atoms with Crippen molar-refractivity contribution in [3.8, 4) is 0 Å². The minimum atomic E-state index is -4.89. The smallest absolute Gasteiger partial charge is 0.296 e. The van der Waals surface area contributed by atoms with Crippen LogP contribution >= 0.6 is 11.6 Å². The average molecular weight is 468 g/mol. The highest BCUT2D eigenvalue weighted by atomic mass is 35.5. The van der Waals surface area contributed by atoms with Gasteiger partial charge in [0.15, 0.2) is 0 Å². The average Bonchev–Trinajstić information content (AvgIpc) is 2.56. The third-order valence-corrected chi connectivity index (χ3v) is 5.77. The van der Waals surface area contributed by atoms with Crippen LogP contribution in [0, 0.1) is 6.92 Å². The molecule has 160 valence electrons. The van der Waals surface area contributed by atoms with Crippen LogP contribution in [0.3, 0.4) is 0 Å². The Morgan fingerprint density at radius 1 is 1.07 bits per heavy atom. The van der Waals surface area contributed by atoms with E-state index in [1.165, 1.54) is 6.92 Å². The molecule has 0 bridgehead atoms. The summed E-state index contributed by atoms with van der Waals surface area (Å²) in [5.74, 6) is -0.0935. The van der Waals surface area contributed by atoms with Crippen LogP contribution in [-0.2, 0) is 20.2 Å². The summed E-state index contributed by atoms with van der Waals surface area (Å²) >= 11 is 5.89. The summed E-state index contributed by atoms with van der Waals surface area (Å²) in [4.78, 5) is 11.9. The fourth-order valence-electron chi connectivity index (χ4n) is 2.44. The highest BCUT2D eigenvalue weighted by Gasteiger charge is 2.24. The third-order valence-electron chi connectivity index (χ3n) is 3.71. The third kappa shape index (κ3) is 5.71. The molecule has 29 heavy (non-hydrogen) atoms. The highest BCUT2D eigenvalue weighted by molar-refractivity contribution is 7.86. The second-order valence-corrected chi connectivity index (χ2v) is 8.84. The Bertz CT molecular complexity index is 1130. The zero-order valence-electron chi connectivity index (χ0n) is 15.2. The maximum atomic E-state index is 11.7. The van der Waals surface area contributed by atoms with Gasteiger partial charge in [0, 0.05) is 13.1 Å². The Morgan fingerprint density at radius 3 is 2.21 bits per heavy atom. The van der Waals surface area contributed by atoms with E-state index in [1.54, 1.807) is 11.8 Å². The molecule has 0 radical (unpaired) electrons. The summed E-state index contributed by atoms with van der Waals surface area (Å²) in [5.41, 5.74) is -0.255. The molecule has 0 saturated heterocycles. The zero-order chi connectivity index (χ0) is 22.0. The van der Waals surface area contributed by atoms with E-state index in [0.29, 0.717) is 12.6 Å². The van der Waals surface area contributed by atoms with E-state index in [1.807, 2.05) is 0 Å². The number of hydrogen-bond acceptors (Lipinski definition) is 10. The van der Waals surface area contributed by atoms with Crippen LogP contribution in [0.5, 0.6) is 0 Å². The second kappa shape index (κ2) is 8.73. The number of anilines is 3. The number of rotatable bonds is 8. The van der Waals surface area contributed by atoms with Crippen molar-refractivity contribution in [1.82, 2.24) is 15.0 Å². The molecule has 1 heterocycles. The number of benzene rings is 1. The molecule has 0 saturated carbocycles. The van der Waals surface area contributed by atoms with Gasteiger partial charge in [-0.2, -0.15) is 31.8 Å². The zero-order valence-corrected chi connectivity index (χ0v) is 17.6. The fourth-order valence-corrected chi connectivity index (χ4v) is 4.05. The first-order valence-electron chi connectivity index (χ1n) is 8.00. The lowest BCUT2D eigenvalue weighted by Gasteiger charge is -2.20. The normalized spacial score (nSPS) is 12.1. The molecule has 2 aromatic rings. The number of aryl methyl sites for hydroxylation is 1. The maximum Gasteiger partial charge on any atom is 0.296 e. The molecule has 0 aliphatic rings. The predicted molar refractivity (Wildman–Crippen MR) is 104 cm³/mol. The van der Waals surface area contributed by atoms with Gasteiger partial charge in [0.1, 0.15) is 4.90 Å². The lowest BCUT2D eigenvalue weighted by Crippen LogP contribution is -2.28. The van der Waals surface area contributed by atoms with Gasteiger partial charge in [-0.05, 0) is 43.1 Å². The van der Waals surface area contributed by atoms with Crippen molar-refractivity contribution in [2.24, 2.45) is 0 Å². The first-order valence-corrected chi connectivity index (χ1v) is 11.3. The van der Waals surface area contributed by atoms with Gasteiger partial charge >= 0.3 is 0 Å². The standard InChI is InChI=1S/C14H18ClN5O7S2/c1-3-20(4-5-21)14-18-12(15)17-13(19-14)16-9-6-8(2)10(28(22,23)24)7-11(9)29(25,26)27/h6-7,21H,3-5H2,1-2H3,(H,22,23,24)(H,25,26,27)(H,16,17,18,19). The van der Waals surface area contributed by atoms with E-state index >= 15 is 0 Å². The van der Waals surface area contributed by atoms with Crippen LogP contribution in [0.1, 0.15) is 12.5 Å². The van der Waals surface area contributed by atoms with Gasteiger partial charge < -0.3 is 15.3 Å². The molecular weight excluding hydrogens is 450 g/mol. The highest BCUT2D eigenvalue weighted by Crippen LogP contribution is 2.30. The Kier molecular flexibility index (Phi) is 6.97. The molecule has 4 N–H and O–H groups in total. The van der Waals surface area contributed by atoms with Crippen molar-refractivity contribution in [1.29, 1.82) is 0 Å². The molecular formula is C14H18ClN5O7S2. The summed E-state index contributed by atoms with van der Waals surface area (Å²) in [6.45, 7) is 3.55. The van der Waals surface area contributed by atoms with Gasteiger partial charge in [-0.1, -0.05) is 0 Å². The van der Waals surface area contributed by atoms with E-state index in [-0.39, 0.29) is 41.6 Å². The molecule has 1 aromatic carbocycles. The van der Waals surface area contributed by atoms with Crippen LogP contribution in [0.25, 0.3) is 0 Å². The van der Waals surface area contributed by atoms with Gasteiger partial charge in [-0.15, -0.1) is 0 Å². The monoisotopic (exact) mass is 467 g/mol. The fraction of sp³-hybridized carbons (Fsp3) is 0.357. The van der Waals surface area contributed by atoms with E-state index in [0.717, 1.165) is 6.07 Å². The molecule has 0 amide bonds. The molecule has 0 aliphatic heterocycles. The topological polar surface area (TPSA) is 183 Å². The largest absolute Gasteiger partial charge is 0.395 e. The van der Waals surface area contributed by atoms with Crippen LogP contribution in [-0.4, -0.2) is 65.7 Å². The van der Waals surface area contributed by atoms with Gasteiger partial charge in [0.05, 0.1) is 17.2 Å². The van der Waals surface area contributed by atoms with E-state index in [2.05, 4.69) is 20.3 Å². The molecule has 0 spiro atoms. The summed E-state index contributed by atoms with van der Waals surface area (Å²) < 4.78 is 65.1. The lowest BCUT2D eigenvalue weighted by atomic mass is 10.2. The number of nitrogens with zero attached hydrogens (tertiary/aromatic N) is 4. The van der Waals surface area contributed by atoms with Gasteiger partial charge in [0.2, 0.25) is 17.2 Å². The number of hydrogen-bond donors (Lipinski definition) is 4. The summed E-state index contributed by atoms with van der Waals surface area (Å²) in [6, 6.07) is 1.69. The SMILES string of the molecule is CCN(CCO)c1nc(Cl)nc(Nc2cc(C)c(S(=O)(=O)O)cc2S(=O)(=O)O)n1. The molecule has 0 aliphatic carbocycles. The van der Waals surface area contributed by atoms with Crippen LogP contribution in [0.4, 0.5) is 17.6 Å². The van der Waals surface area contributed by atoms with Crippen molar-refractivity contribution in [2.45, 2.75) is 23.6 Å². The lowest BCUT2D eigenvalue weighted by molar-refractivity contribution is 0.301. The molecule has 0 fully saturated rings. The summed E-state index contributed by atoms with van der Waals surface area (Å²) in [6.07, 6.45) is 0. The molecule has 15 heteroatoms. The Morgan fingerprint density at radius 2 is 1.69 bits per heavy atom. The molecule has 0 atom stereocenters.